The second kappa shape index (κ2) is 9.90. The highest BCUT2D eigenvalue weighted by Gasteiger charge is 2.19. The van der Waals surface area contributed by atoms with Gasteiger partial charge in [0, 0.05) is 18.3 Å². The number of anilines is 1. The van der Waals surface area contributed by atoms with E-state index in [-0.39, 0.29) is 23.8 Å². The second-order valence-corrected chi connectivity index (χ2v) is 9.32. The minimum Gasteiger partial charge on any atom is -0.332 e. The zero-order valence-corrected chi connectivity index (χ0v) is 19.4. The predicted octanol–water partition coefficient (Wildman–Crippen LogP) is 2.71. The number of carbonyl (C=O) groups excluding carboxylic acids is 2. The summed E-state index contributed by atoms with van der Waals surface area (Å²) < 4.78 is 0. The lowest BCUT2D eigenvalue weighted by molar-refractivity contribution is -0.885. The van der Waals surface area contributed by atoms with Crippen molar-refractivity contribution in [2.45, 2.75) is 46.6 Å². The Balaban J connectivity index is 1.86. The number of nitrogens with zero attached hydrogens (tertiary/aromatic N) is 1. The van der Waals surface area contributed by atoms with Crippen molar-refractivity contribution in [3.8, 4) is 0 Å². The molecule has 1 unspecified atom stereocenters. The number of aryl methyl sites for hydroxylation is 2. The molecule has 0 aliphatic heterocycles. The Bertz CT molecular complexity index is 862. The van der Waals surface area contributed by atoms with Crippen molar-refractivity contribution >= 4 is 17.5 Å². The monoisotopic (exact) mass is 410 g/mol. The number of quaternary nitrogens is 1. The fraction of sp³-hybridized carbons (Fsp3) is 0.440. The molecule has 2 aromatic carbocycles. The molecule has 0 aromatic heterocycles. The fourth-order valence-corrected chi connectivity index (χ4v) is 3.42. The second-order valence-electron chi connectivity index (χ2n) is 9.32. The normalized spacial score (nSPS) is 12.4. The maximum Gasteiger partial charge on any atom is 0.277 e. The zero-order chi connectivity index (χ0) is 22.5. The Morgan fingerprint density at radius 2 is 1.57 bits per heavy atom. The van der Waals surface area contributed by atoms with Crippen LogP contribution < -0.4 is 10.2 Å². The number of carbonyl (C=O) groups is 2. The Morgan fingerprint density at radius 1 is 1.00 bits per heavy atom. The molecule has 5 nitrogen and oxygen atoms in total. The maximum atomic E-state index is 12.6. The van der Waals surface area contributed by atoms with Crippen molar-refractivity contribution in [3.05, 3.63) is 64.7 Å². The van der Waals surface area contributed by atoms with Gasteiger partial charge < -0.3 is 15.1 Å². The third-order valence-corrected chi connectivity index (χ3v) is 5.33. The molecule has 0 radical (unpaired) electrons. The van der Waals surface area contributed by atoms with Gasteiger partial charge in [0.1, 0.15) is 6.54 Å². The summed E-state index contributed by atoms with van der Waals surface area (Å²) in [6.45, 7) is 11.7. The number of amides is 2. The maximum absolute atomic E-state index is 12.6. The van der Waals surface area contributed by atoms with E-state index in [1.54, 1.807) is 7.05 Å². The van der Waals surface area contributed by atoms with Gasteiger partial charge in [-0.05, 0) is 36.0 Å². The first-order valence-electron chi connectivity index (χ1n) is 10.5. The Hall–Kier alpha value is -2.66. The van der Waals surface area contributed by atoms with Crippen LogP contribution in [0.1, 0.15) is 43.0 Å². The molecule has 0 saturated carbocycles. The molecule has 1 atom stereocenters. The number of nitrogens with one attached hydrogen (secondary N) is 2. The number of para-hydroxylation sites is 1. The largest absolute Gasteiger partial charge is 0.332 e. The molecule has 0 fully saturated rings. The van der Waals surface area contributed by atoms with Gasteiger partial charge in [0.15, 0.2) is 6.54 Å². The first kappa shape index (κ1) is 23.6. The Kier molecular flexibility index (Phi) is 7.79. The van der Waals surface area contributed by atoms with Gasteiger partial charge in [0.05, 0.1) is 13.6 Å². The van der Waals surface area contributed by atoms with Crippen molar-refractivity contribution in [2.75, 3.05) is 32.5 Å². The topological polar surface area (TPSA) is 53.9 Å². The van der Waals surface area contributed by atoms with Crippen LogP contribution in [0.25, 0.3) is 0 Å². The molecule has 2 amide bonds. The summed E-state index contributed by atoms with van der Waals surface area (Å²) in [5, 5.41) is 2.94. The molecule has 2 aromatic rings. The molecule has 0 aliphatic carbocycles. The first-order valence-corrected chi connectivity index (χ1v) is 10.5. The van der Waals surface area contributed by atoms with Crippen LogP contribution in [0.5, 0.6) is 0 Å². The van der Waals surface area contributed by atoms with Crippen LogP contribution in [0, 0.1) is 13.8 Å². The molecule has 0 aliphatic rings. The molecule has 2 N–H and O–H groups in total. The smallest absolute Gasteiger partial charge is 0.277 e. The first-order chi connectivity index (χ1) is 14.0. The number of hydrogen-bond acceptors (Lipinski definition) is 2. The Labute approximate surface area is 181 Å². The predicted molar refractivity (Wildman–Crippen MR) is 123 cm³/mol. The molecule has 162 valence electrons. The third kappa shape index (κ3) is 6.70. The highest BCUT2D eigenvalue weighted by molar-refractivity contribution is 5.95. The van der Waals surface area contributed by atoms with E-state index in [2.05, 4.69) is 50.4 Å². The van der Waals surface area contributed by atoms with Gasteiger partial charge in [-0.15, -0.1) is 0 Å². The van der Waals surface area contributed by atoms with E-state index in [1.165, 1.54) is 16.0 Å². The number of hydrogen-bond donors (Lipinski definition) is 2. The van der Waals surface area contributed by atoms with E-state index in [1.807, 2.05) is 39.1 Å². The van der Waals surface area contributed by atoms with Crippen LogP contribution in [0.4, 0.5) is 5.69 Å². The van der Waals surface area contributed by atoms with Gasteiger partial charge in [0.25, 0.3) is 5.91 Å². The van der Waals surface area contributed by atoms with Crippen molar-refractivity contribution in [1.29, 1.82) is 0 Å². The zero-order valence-electron chi connectivity index (χ0n) is 19.4. The van der Waals surface area contributed by atoms with Crippen LogP contribution in [-0.2, 0) is 21.5 Å². The molecule has 30 heavy (non-hydrogen) atoms. The number of benzene rings is 2. The van der Waals surface area contributed by atoms with Crippen molar-refractivity contribution in [3.63, 3.8) is 0 Å². The van der Waals surface area contributed by atoms with Gasteiger partial charge in [-0.2, -0.15) is 0 Å². The lowest BCUT2D eigenvalue weighted by Crippen LogP contribution is -3.08. The Morgan fingerprint density at radius 3 is 2.10 bits per heavy atom. The van der Waals surface area contributed by atoms with Crippen molar-refractivity contribution < 1.29 is 14.5 Å². The van der Waals surface area contributed by atoms with Crippen LogP contribution in [0.3, 0.4) is 0 Å². The lowest BCUT2D eigenvalue weighted by Gasteiger charge is -2.21. The van der Waals surface area contributed by atoms with Gasteiger partial charge in [-0.3, -0.25) is 9.59 Å². The minimum absolute atomic E-state index is 0.0418. The van der Waals surface area contributed by atoms with E-state index in [0.717, 1.165) is 28.3 Å². The molecular weight excluding hydrogens is 374 g/mol. The van der Waals surface area contributed by atoms with Gasteiger partial charge in [0.2, 0.25) is 5.91 Å². The van der Waals surface area contributed by atoms with Gasteiger partial charge in [-0.25, -0.2) is 0 Å². The van der Waals surface area contributed by atoms with Gasteiger partial charge in [-0.1, -0.05) is 63.2 Å². The standard InChI is InChI=1S/C25H35N3O2/c1-18-9-8-10-19(2)24(18)26-22(29)16-28(7)23(30)17-27(6)15-20-11-13-21(14-12-20)25(3,4)5/h8-14H,15-17H2,1-7H3,(H,26,29)/p+1. The highest BCUT2D eigenvalue weighted by atomic mass is 16.2. The third-order valence-electron chi connectivity index (χ3n) is 5.33. The van der Waals surface area contributed by atoms with Crippen molar-refractivity contribution in [1.82, 2.24) is 4.90 Å². The van der Waals surface area contributed by atoms with Gasteiger partial charge >= 0.3 is 0 Å². The van der Waals surface area contributed by atoms with E-state index in [4.69, 9.17) is 0 Å². The fourth-order valence-electron chi connectivity index (χ4n) is 3.42. The molecule has 0 bridgehead atoms. The van der Waals surface area contributed by atoms with Crippen LogP contribution in [0.2, 0.25) is 0 Å². The van der Waals surface area contributed by atoms with E-state index < -0.39 is 0 Å². The molecule has 0 heterocycles. The lowest BCUT2D eigenvalue weighted by atomic mass is 9.87. The summed E-state index contributed by atoms with van der Waals surface area (Å²) in [7, 11) is 3.68. The minimum atomic E-state index is -0.182. The highest BCUT2D eigenvalue weighted by Crippen LogP contribution is 2.22. The number of rotatable bonds is 7. The van der Waals surface area contributed by atoms with Crippen LogP contribution in [0.15, 0.2) is 42.5 Å². The summed E-state index contributed by atoms with van der Waals surface area (Å²) in [6.07, 6.45) is 0. The SMILES string of the molecule is Cc1cccc(C)c1NC(=O)CN(C)C(=O)C[NH+](C)Cc1ccc(C(C)(C)C)cc1. The molecule has 2 rings (SSSR count). The average Bonchev–Trinajstić information content (AvgIpc) is 2.64. The summed E-state index contributed by atoms with van der Waals surface area (Å²) in [5.41, 5.74) is 5.48. The summed E-state index contributed by atoms with van der Waals surface area (Å²) in [4.78, 5) is 27.6. The summed E-state index contributed by atoms with van der Waals surface area (Å²) >= 11 is 0. The summed E-state index contributed by atoms with van der Waals surface area (Å²) in [5.74, 6) is -0.228. The molecule has 5 heteroatoms. The molecular formula is C25H36N3O2+. The summed E-state index contributed by atoms with van der Waals surface area (Å²) in [6, 6.07) is 14.5. The van der Waals surface area contributed by atoms with Crippen LogP contribution in [-0.4, -0.2) is 43.9 Å². The van der Waals surface area contributed by atoms with Crippen LogP contribution >= 0.6 is 0 Å². The van der Waals surface area contributed by atoms with Crippen molar-refractivity contribution in [2.24, 2.45) is 0 Å². The average molecular weight is 411 g/mol. The van der Waals surface area contributed by atoms with E-state index >= 15 is 0 Å². The molecule has 0 saturated heterocycles. The van der Waals surface area contributed by atoms with E-state index in [9.17, 15) is 9.59 Å². The molecule has 0 spiro atoms. The number of likely N-dealkylation sites (N-methyl/N-ethyl adjacent to an activating group) is 2. The van der Waals surface area contributed by atoms with E-state index in [0.29, 0.717) is 6.54 Å². The quantitative estimate of drug-likeness (QED) is 0.737.